The lowest BCUT2D eigenvalue weighted by Gasteiger charge is -2.65. The molecule has 172 valence electrons. The van der Waals surface area contributed by atoms with Crippen LogP contribution in [0.2, 0.25) is 0 Å². The van der Waals surface area contributed by atoms with Crippen LogP contribution in [0.1, 0.15) is 91.9 Å². The lowest BCUT2D eigenvalue weighted by atomic mass is 9.41. The lowest BCUT2D eigenvalue weighted by molar-refractivity contribution is -0.217. The Morgan fingerprint density at radius 3 is 2.40 bits per heavy atom. The molecule has 3 N–H and O–H groups in total. The fourth-order valence-corrected chi connectivity index (χ4v) is 9.65. The zero-order valence-corrected chi connectivity index (χ0v) is 19.5. The number of aliphatic carboxylic acids is 1. The topological polar surface area (TPSA) is 77.8 Å². The molecule has 0 spiro atoms. The summed E-state index contributed by atoms with van der Waals surface area (Å²) in [6.45, 7) is 9.36. The largest absolute Gasteiger partial charge is 0.481 e. The number of hydrogen-bond acceptors (Lipinski definition) is 3. The third-order valence-electron chi connectivity index (χ3n) is 10.9. The average molecular weight is 421 g/mol. The normalized spacial score (nSPS) is 51.5. The summed E-state index contributed by atoms with van der Waals surface area (Å²) in [5.74, 6) is 2.15. The van der Waals surface area contributed by atoms with Crippen molar-refractivity contribution in [2.45, 2.75) is 104 Å². The molecule has 4 saturated carbocycles. The Bertz CT molecular complexity index is 649. The quantitative estimate of drug-likeness (QED) is 0.577. The van der Waals surface area contributed by atoms with E-state index in [1.165, 1.54) is 25.7 Å². The number of aliphatic hydroxyl groups excluding tert-OH is 2. The first kappa shape index (κ1) is 22.6. The van der Waals surface area contributed by atoms with Gasteiger partial charge in [0.2, 0.25) is 0 Å². The van der Waals surface area contributed by atoms with E-state index in [-0.39, 0.29) is 41.3 Å². The number of carboxylic acid groups (broad SMARTS) is 1. The van der Waals surface area contributed by atoms with Gasteiger partial charge in [0.15, 0.2) is 0 Å². The van der Waals surface area contributed by atoms with Crippen molar-refractivity contribution in [1.82, 2.24) is 0 Å². The monoisotopic (exact) mass is 420 g/mol. The summed E-state index contributed by atoms with van der Waals surface area (Å²) in [7, 11) is 0. The van der Waals surface area contributed by atoms with Crippen LogP contribution in [0.15, 0.2) is 0 Å². The van der Waals surface area contributed by atoms with Crippen molar-refractivity contribution in [3.8, 4) is 0 Å². The number of fused-ring (bicyclic) bond motifs is 5. The number of hydrogen-bond donors (Lipinski definition) is 3. The van der Waals surface area contributed by atoms with Gasteiger partial charge in [0.25, 0.3) is 0 Å². The summed E-state index contributed by atoms with van der Waals surface area (Å²) in [5.41, 5.74) is 0.366. The molecule has 11 atom stereocenters. The molecule has 0 saturated heterocycles. The molecule has 0 aliphatic heterocycles. The second kappa shape index (κ2) is 8.06. The Labute approximate surface area is 182 Å². The second-order valence-corrected chi connectivity index (χ2v) is 12.0. The molecule has 4 heteroatoms. The van der Waals surface area contributed by atoms with E-state index in [0.717, 1.165) is 32.1 Å². The van der Waals surface area contributed by atoms with Crippen LogP contribution < -0.4 is 0 Å². The molecule has 0 aromatic carbocycles. The van der Waals surface area contributed by atoms with Crippen LogP contribution in [0, 0.1) is 52.3 Å². The van der Waals surface area contributed by atoms with Gasteiger partial charge in [0, 0.05) is 6.42 Å². The maximum atomic E-state index is 11.7. The van der Waals surface area contributed by atoms with Crippen molar-refractivity contribution in [3.05, 3.63) is 0 Å². The Morgan fingerprint density at radius 1 is 1.03 bits per heavy atom. The Morgan fingerprint density at radius 2 is 1.73 bits per heavy atom. The molecular formula is C26H44O4. The zero-order chi connectivity index (χ0) is 21.8. The summed E-state index contributed by atoms with van der Waals surface area (Å²) in [4.78, 5) is 11.1. The predicted octanol–water partition coefficient (Wildman–Crippen LogP) is 5.11. The number of rotatable bonds is 5. The Kier molecular flexibility index (Phi) is 6.07. The molecule has 0 heterocycles. The summed E-state index contributed by atoms with van der Waals surface area (Å²) in [6, 6.07) is 0. The van der Waals surface area contributed by atoms with Crippen molar-refractivity contribution in [1.29, 1.82) is 0 Å². The van der Waals surface area contributed by atoms with Crippen LogP contribution in [0.5, 0.6) is 0 Å². The molecule has 0 radical (unpaired) electrons. The van der Waals surface area contributed by atoms with E-state index in [9.17, 15) is 15.0 Å². The van der Waals surface area contributed by atoms with Gasteiger partial charge in [-0.2, -0.15) is 0 Å². The first-order chi connectivity index (χ1) is 14.1. The highest BCUT2D eigenvalue weighted by molar-refractivity contribution is 5.66. The number of aliphatic hydroxyl groups is 2. The molecule has 4 nitrogen and oxygen atoms in total. The summed E-state index contributed by atoms with van der Waals surface area (Å²) < 4.78 is 0. The van der Waals surface area contributed by atoms with Crippen molar-refractivity contribution in [2.75, 3.05) is 0 Å². The molecule has 30 heavy (non-hydrogen) atoms. The van der Waals surface area contributed by atoms with E-state index in [1.807, 2.05) is 0 Å². The van der Waals surface area contributed by atoms with Gasteiger partial charge >= 0.3 is 5.97 Å². The van der Waals surface area contributed by atoms with Crippen LogP contribution in [0.3, 0.4) is 0 Å². The highest BCUT2D eigenvalue weighted by atomic mass is 16.4. The van der Waals surface area contributed by atoms with Gasteiger partial charge in [0.05, 0.1) is 12.2 Å². The van der Waals surface area contributed by atoms with Crippen molar-refractivity contribution >= 4 is 5.97 Å². The first-order valence-electron chi connectivity index (χ1n) is 12.7. The summed E-state index contributed by atoms with van der Waals surface area (Å²) in [5, 5.41) is 31.8. The summed E-state index contributed by atoms with van der Waals surface area (Å²) >= 11 is 0. The van der Waals surface area contributed by atoms with Crippen molar-refractivity contribution in [3.63, 3.8) is 0 Å². The minimum absolute atomic E-state index is 0.149. The van der Waals surface area contributed by atoms with Gasteiger partial charge in [0.1, 0.15) is 0 Å². The van der Waals surface area contributed by atoms with Gasteiger partial charge in [-0.15, -0.1) is 0 Å². The van der Waals surface area contributed by atoms with Crippen LogP contribution >= 0.6 is 0 Å². The highest BCUT2D eigenvalue weighted by Gasteiger charge is 2.65. The van der Waals surface area contributed by atoms with Crippen LogP contribution in [-0.4, -0.2) is 33.5 Å². The highest BCUT2D eigenvalue weighted by Crippen LogP contribution is 2.69. The molecule has 0 bridgehead atoms. The van der Waals surface area contributed by atoms with Crippen LogP contribution in [0.25, 0.3) is 0 Å². The molecule has 4 fully saturated rings. The molecule has 4 aliphatic rings. The standard InChI is InChI=1S/C26H44O4/c1-5-16-23-20(27)7-6-13-26(23,4)19-12-14-25(3)17(15(2)8-11-21(28)29)9-10-18(25)22(19)24(16)30/h15-20,22-24,27,30H,5-14H2,1-4H3,(H,28,29)/t15-,16?,17-,18+,19+,20-,22+,23?,24-,25-,26-/m1/s1. The number of carbonyl (C=O) groups is 1. The van der Waals surface area contributed by atoms with Crippen LogP contribution in [0.4, 0.5) is 0 Å². The Balaban J connectivity index is 1.63. The van der Waals surface area contributed by atoms with Gasteiger partial charge in [-0.1, -0.05) is 40.5 Å². The van der Waals surface area contributed by atoms with Crippen molar-refractivity contribution < 1.29 is 20.1 Å². The van der Waals surface area contributed by atoms with E-state index in [0.29, 0.717) is 29.6 Å². The fraction of sp³-hybridized carbons (Fsp3) is 0.962. The van der Waals surface area contributed by atoms with E-state index in [1.54, 1.807) is 0 Å². The lowest BCUT2D eigenvalue weighted by Crippen LogP contribution is -2.63. The van der Waals surface area contributed by atoms with E-state index in [2.05, 4.69) is 27.7 Å². The van der Waals surface area contributed by atoms with Gasteiger partial charge < -0.3 is 15.3 Å². The molecule has 4 aliphatic carbocycles. The average Bonchev–Trinajstić information content (AvgIpc) is 3.04. The van der Waals surface area contributed by atoms with E-state index >= 15 is 0 Å². The molecule has 0 amide bonds. The third-order valence-corrected chi connectivity index (χ3v) is 10.9. The van der Waals surface area contributed by atoms with Gasteiger partial charge in [-0.05, 0) is 97.2 Å². The molecule has 2 unspecified atom stereocenters. The SMILES string of the molecule is CCC1C2[C@H](O)CCC[C@]2(C)[C@H]2CC[C@]3(C)[C@@H]([C@H](C)CCC(=O)O)CC[C@H]3[C@@H]2[C@@H]1O. The van der Waals surface area contributed by atoms with Crippen molar-refractivity contribution in [2.24, 2.45) is 52.3 Å². The molecule has 0 aromatic heterocycles. The van der Waals surface area contributed by atoms with Crippen LogP contribution in [-0.2, 0) is 4.79 Å². The number of carboxylic acids is 1. The van der Waals surface area contributed by atoms with Gasteiger partial charge in [-0.3, -0.25) is 4.79 Å². The molecular weight excluding hydrogens is 376 g/mol. The smallest absolute Gasteiger partial charge is 0.303 e. The maximum Gasteiger partial charge on any atom is 0.303 e. The van der Waals surface area contributed by atoms with Gasteiger partial charge in [-0.25, -0.2) is 0 Å². The van der Waals surface area contributed by atoms with E-state index in [4.69, 9.17) is 5.11 Å². The zero-order valence-electron chi connectivity index (χ0n) is 19.5. The molecule has 4 rings (SSSR count). The second-order valence-electron chi connectivity index (χ2n) is 12.0. The summed E-state index contributed by atoms with van der Waals surface area (Å²) in [6.07, 6.45) is 9.33. The van der Waals surface area contributed by atoms with E-state index < -0.39 is 5.97 Å². The predicted molar refractivity (Wildman–Crippen MR) is 118 cm³/mol. The minimum Gasteiger partial charge on any atom is -0.481 e. The molecule has 0 aromatic rings. The first-order valence-corrected chi connectivity index (χ1v) is 12.7. The Hall–Kier alpha value is -0.610. The fourth-order valence-electron chi connectivity index (χ4n) is 9.65. The maximum absolute atomic E-state index is 11.7. The third kappa shape index (κ3) is 3.27. The minimum atomic E-state index is -0.687.